The van der Waals surface area contributed by atoms with Crippen molar-refractivity contribution in [2.45, 2.75) is 48.1 Å². The second-order valence-electron chi connectivity index (χ2n) is 7.90. The summed E-state index contributed by atoms with van der Waals surface area (Å²) in [6.07, 6.45) is 2.82. The van der Waals surface area contributed by atoms with E-state index in [1.54, 1.807) is 32.2 Å². The molecule has 1 amide bonds. The summed E-state index contributed by atoms with van der Waals surface area (Å²) in [7, 11) is -1.94. The van der Waals surface area contributed by atoms with Crippen molar-refractivity contribution < 1.29 is 22.4 Å². The van der Waals surface area contributed by atoms with Crippen LogP contribution >= 0.6 is 11.8 Å². The molecule has 1 aliphatic heterocycles. The van der Waals surface area contributed by atoms with Crippen molar-refractivity contribution in [1.29, 1.82) is 0 Å². The summed E-state index contributed by atoms with van der Waals surface area (Å²) in [4.78, 5) is 17.1. The second kappa shape index (κ2) is 10.1. The Morgan fingerprint density at radius 3 is 2.61 bits per heavy atom. The molecule has 0 radical (unpaired) electrons. The number of carbonyl (C=O) groups excluding carboxylic acids is 1. The molecule has 3 aromatic rings. The SMILES string of the molecule is COc1ccc(CNC(=O)C(C)Sc2nc3cc(S(=O)(=O)N4CCCCC4)ccc3o2)cc1. The van der Waals surface area contributed by atoms with Gasteiger partial charge in [-0.25, -0.2) is 13.4 Å². The molecule has 2 aromatic carbocycles. The minimum atomic E-state index is -3.55. The Labute approximate surface area is 197 Å². The predicted octanol–water partition coefficient (Wildman–Crippen LogP) is 3.81. The minimum absolute atomic E-state index is 0.147. The molecule has 2 heterocycles. The minimum Gasteiger partial charge on any atom is -0.497 e. The Morgan fingerprint density at radius 2 is 1.91 bits per heavy atom. The number of nitrogens with one attached hydrogen (secondary N) is 1. The van der Waals surface area contributed by atoms with Crippen LogP contribution < -0.4 is 10.1 Å². The summed E-state index contributed by atoms with van der Waals surface area (Å²) >= 11 is 1.19. The van der Waals surface area contributed by atoms with Crippen LogP contribution in [0.25, 0.3) is 11.1 Å². The smallest absolute Gasteiger partial charge is 0.257 e. The number of oxazole rings is 1. The van der Waals surface area contributed by atoms with E-state index in [-0.39, 0.29) is 10.8 Å². The van der Waals surface area contributed by atoms with E-state index in [0.717, 1.165) is 30.6 Å². The molecule has 1 N–H and O–H groups in total. The number of ether oxygens (including phenoxy) is 1. The largest absolute Gasteiger partial charge is 0.497 e. The Balaban J connectivity index is 1.40. The first-order valence-corrected chi connectivity index (χ1v) is 13.2. The van der Waals surface area contributed by atoms with Gasteiger partial charge in [-0.1, -0.05) is 30.3 Å². The first kappa shape index (κ1) is 23.6. The molecule has 4 rings (SSSR count). The molecule has 0 bridgehead atoms. The van der Waals surface area contributed by atoms with Crippen molar-refractivity contribution in [3.05, 3.63) is 48.0 Å². The van der Waals surface area contributed by atoms with Crippen LogP contribution in [0.5, 0.6) is 5.75 Å². The van der Waals surface area contributed by atoms with Gasteiger partial charge in [-0.15, -0.1) is 0 Å². The highest BCUT2D eigenvalue weighted by molar-refractivity contribution is 8.00. The quantitative estimate of drug-likeness (QED) is 0.480. The van der Waals surface area contributed by atoms with Crippen molar-refractivity contribution in [3.8, 4) is 5.75 Å². The summed E-state index contributed by atoms with van der Waals surface area (Å²) in [5.41, 5.74) is 1.91. The van der Waals surface area contributed by atoms with Gasteiger partial charge in [-0.3, -0.25) is 4.79 Å². The number of fused-ring (bicyclic) bond motifs is 1. The third-order valence-corrected chi connectivity index (χ3v) is 8.40. The lowest BCUT2D eigenvalue weighted by Crippen LogP contribution is -2.35. The molecule has 1 aliphatic rings. The number of thioether (sulfide) groups is 1. The molecule has 1 aromatic heterocycles. The number of hydrogen-bond donors (Lipinski definition) is 1. The zero-order valence-corrected chi connectivity index (χ0v) is 20.2. The third-order valence-electron chi connectivity index (χ3n) is 5.56. The lowest BCUT2D eigenvalue weighted by Gasteiger charge is -2.25. The van der Waals surface area contributed by atoms with Crippen molar-refractivity contribution in [1.82, 2.24) is 14.6 Å². The normalized spacial score (nSPS) is 15.9. The van der Waals surface area contributed by atoms with Crippen molar-refractivity contribution >= 4 is 38.8 Å². The maximum atomic E-state index is 12.9. The lowest BCUT2D eigenvalue weighted by molar-refractivity contribution is -0.120. The summed E-state index contributed by atoms with van der Waals surface area (Å²) in [5, 5.41) is 2.79. The maximum Gasteiger partial charge on any atom is 0.257 e. The Morgan fingerprint density at radius 1 is 1.18 bits per heavy atom. The van der Waals surface area contributed by atoms with Gasteiger partial charge >= 0.3 is 0 Å². The average molecular weight is 490 g/mol. The van der Waals surface area contributed by atoms with E-state index in [2.05, 4.69) is 10.3 Å². The molecular weight excluding hydrogens is 462 g/mol. The molecule has 33 heavy (non-hydrogen) atoms. The molecule has 1 saturated heterocycles. The predicted molar refractivity (Wildman–Crippen MR) is 127 cm³/mol. The monoisotopic (exact) mass is 489 g/mol. The molecule has 1 atom stereocenters. The number of rotatable bonds is 8. The molecule has 1 fully saturated rings. The van der Waals surface area contributed by atoms with E-state index in [0.29, 0.717) is 36.0 Å². The highest BCUT2D eigenvalue weighted by atomic mass is 32.2. The van der Waals surface area contributed by atoms with E-state index in [1.165, 1.54) is 16.1 Å². The van der Waals surface area contributed by atoms with Gasteiger partial charge in [0.1, 0.15) is 11.3 Å². The van der Waals surface area contributed by atoms with Crippen LogP contribution in [-0.4, -0.2) is 49.1 Å². The standard InChI is InChI=1S/C23H27N3O5S2/c1-16(22(27)24-15-17-6-8-18(30-2)9-7-17)32-23-25-20-14-19(10-11-21(20)31-23)33(28,29)26-12-4-3-5-13-26/h6-11,14,16H,3-5,12-13,15H2,1-2H3,(H,24,27). The first-order valence-electron chi connectivity index (χ1n) is 10.8. The highest BCUT2D eigenvalue weighted by Gasteiger charge is 2.27. The fourth-order valence-corrected chi connectivity index (χ4v) is 5.95. The van der Waals surface area contributed by atoms with Gasteiger partial charge in [0.15, 0.2) is 5.58 Å². The second-order valence-corrected chi connectivity index (χ2v) is 11.1. The van der Waals surface area contributed by atoms with Crippen LogP contribution in [-0.2, 0) is 21.4 Å². The fourth-order valence-electron chi connectivity index (χ4n) is 3.63. The number of sulfonamides is 1. The van der Waals surface area contributed by atoms with E-state index >= 15 is 0 Å². The van der Waals surface area contributed by atoms with Crippen molar-refractivity contribution in [2.75, 3.05) is 20.2 Å². The molecule has 1 unspecified atom stereocenters. The topological polar surface area (TPSA) is 102 Å². The number of nitrogens with zero attached hydrogens (tertiary/aromatic N) is 2. The van der Waals surface area contributed by atoms with Crippen LogP contribution in [0, 0.1) is 0 Å². The number of benzene rings is 2. The Hall–Kier alpha value is -2.56. The summed E-state index contributed by atoms with van der Waals surface area (Å²) < 4.78 is 38.3. The molecular formula is C23H27N3O5S2. The van der Waals surface area contributed by atoms with E-state index in [4.69, 9.17) is 9.15 Å². The van der Waals surface area contributed by atoms with Crippen LogP contribution in [0.1, 0.15) is 31.7 Å². The van der Waals surface area contributed by atoms with Gasteiger partial charge in [0, 0.05) is 19.6 Å². The number of carbonyl (C=O) groups is 1. The third kappa shape index (κ3) is 5.51. The van der Waals surface area contributed by atoms with E-state index in [9.17, 15) is 13.2 Å². The highest BCUT2D eigenvalue weighted by Crippen LogP contribution is 2.29. The molecule has 0 spiro atoms. The van der Waals surface area contributed by atoms with E-state index in [1.807, 2.05) is 24.3 Å². The number of methoxy groups -OCH3 is 1. The number of amides is 1. The van der Waals surface area contributed by atoms with E-state index < -0.39 is 15.3 Å². The van der Waals surface area contributed by atoms with Crippen LogP contribution in [0.15, 0.2) is 57.0 Å². The first-order chi connectivity index (χ1) is 15.9. The number of hydrogen-bond acceptors (Lipinski definition) is 7. The Bertz CT molecular complexity index is 1220. The van der Waals surface area contributed by atoms with Gasteiger partial charge in [0.25, 0.3) is 5.22 Å². The Kier molecular flexibility index (Phi) is 7.26. The summed E-state index contributed by atoms with van der Waals surface area (Å²) in [6, 6.07) is 12.2. The summed E-state index contributed by atoms with van der Waals surface area (Å²) in [5.74, 6) is 0.614. The molecule has 0 aliphatic carbocycles. The van der Waals surface area contributed by atoms with Crippen molar-refractivity contribution in [2.24, 2.45) is 0 Å². The molecule has 8 nitrogen and oxygen atoms in total. The maximum absolute atomic E-state index is 12.9. The molecule has 0 saturated carbocycles. The van der Waals surface area contributed by atoms with Crippen LogP contribution in [0.4, 0.5) is 0 Å². The molecule has 176 valence electrons. The lowest BCUT2D eigenvalue weighted by atomic mass is 10.2. The van der Waals surface area contributed by atoms with Crippen molar-refractivity contribution in [3.63, 3.8) is 0 Å². The number of aromatic nitrogens is 1. The fraction of sp³-hybridized carbons (Fsp3) is 0.391. The van der Waals surface area contributed by atoms with Crippen LogP contribution in [0.2, 0.25) is 0 Å². The van der Waals surface area contributed by atoms with Gasteiger partial charge in [0.05, 0.1) is 17.3 Å². The average Bonchev–Trinajstić information content (AvgIpc) is 3.24. The van der Waals surface area contributed by atoms with Crippen LogP contribution in [0.3, 0.4) is 0 Å². The summed E-state index contributed by atoms with van der Waals surface area (Å²) in [6.45, 7) is 3.26. The zero-order valence-electron chi connectivity index (χ0n) is 18.6. The van der Waals surface area contributed by atoms with Gasteiger partial charge in [-0.05, 0) is 55.7 Å². The van der Waals surface area contributed by atoms with Gasteiger partial charge < -0.3 is 14.5 Å². The zero-order chi connectivity index (χ0) is 23.4. The number of piperidine rings is 1. The molecule has 10 heteroatoms. The van der Waals surface area contributed by atoms with Gasteiger partial charge in [0.2, 0.25) is 15.9 Å². The van der Waals surface area contributed by atoms with Gasteiger partial charge in [-0.2, -0.15) is 4.31 Å².